The van der Waals surface area contributed by atoms with Crippen LogP contribution >= 0.6 is 11.3 Å². The van der Waals surface area contributed by atoms with Gasteiger partial charge in [-0.3, -0.25) is 9.59 Å². The van der Waals surface area contributed by atoms with Crippen LogP contribution in [-0.2, 0) is 37.2 Å². The Bertz CT molecular complexity index is 1200. The molecule has 0 radical (unpaired) electrons. The predicted molar refractivity (Wildman–Crippen MR) is 126 cm³/mol. The van der Waals surface area contributed by atoms with Gasteiger partial charge in [-0.1, -0.05) is 6.07 Å². The molecule has 0 aliphatic heterocycles. The van der Waals surface area contributed by atoms with Crippen LogP contribution in [0.25, 0.3) is 0 Å². The van der Waals surface area contributed by atoms with E-state index < -0.39 is 28.5 Å². The van der Waals surface area contributed by atoms with Crippen molar-refractivity contribution in [2.75, 3.05) is 31.3 Å². The largest absolute Gasteiger partial charge is 0.452 e. The molecular weight excluding hydrogens is 466 g/mol. The number of anilines is 2. The molecular formula is C22H27N3O6S2. The molecule has 1 aromatic heterocycles. The lowest BCUT2D eigenvalue weighted by Gasteiger charge is -2.15. The zero-order chi connectivity index (χ0) is 24.3. The highest BCUT2D eigenvalue weighted by Gasteiger charge is 2.27. The molecule has 178 valence electrons. The van der Waals surface area contributed by atoms with E-state index in [1.54, 1.807) is 19.1 Å². The molecule has 2 amide bonds. The number of hydrogen-bond donors (Lipinski definition) is 2. The summed E-state index contributed by atoms with van der Waals surface area (Å²) in [4.78, 5) is 37.9. The number of thiophene rings is 1. The van der Waals surface area contributed by atoms with Crippen LogP contribution in [0, 0.1) is 6.92 Å². The highest BCUT2D eigenvalue weighted by Crippen LogP contribution is 2.38. The van der Waals surface area contributed by atoms with E-state index >= 15 is 0 Å². The fourth-order valence-electron chi connectivity index (χ4n) is 3.58. The number of nitrogens with zero attached hydrogens (tertiary/aromatic N) is 1. The van der Waals surface area contributed by atoms with Gasteiger partial charge in [0.25, 0.3) is 5.91 Å². The van der Waals surface area contributed by atoms with Crippen LogP contribution in [0.2, 0.25) is 0 Å². The van der Waals surface area contributed by atoms with Gasteiger partial charge in [0, 0.05) is 31.6 Å². The zero-order valence-corrected chi connectivity index (χ0v) is 20.6. The maximum absolute atomic E-state index is 12.8. The van der Waals surface area contributed by atoms with E-state index in [0.717, 1.165) is 34.0 Å². The molecule has 0 saturated carbocycles. The lowest BCUT2D eigenvalue weighted by molar-refractivity contribution is -0.119. The number of benzene rings is 1. The van der Waals surface area contributed by atoms with E-state index in [-0.39, 0.29) is 16.5 Å². The van der Waals surface area contributed by atoms with Gasteiger partial charge in [0.1, 0.15) is 5.00 Å². The first-order valence-electron chi connectivity index (χ1n) is 10.4. The number of hydrogen-bond acceptors (Lipinski definition) is 7. The number of sulfonamides is 1. The average Bonchev–Trinajstić information content (AvgIpc) is 3.10. The van der Waals surface area contributed by atoms with Crippen LogP contribution in [-0.4, -0.2) is 51.2 Å². The normalized spacial score (nSPS) is 13.4. The van der Waals surface area contributed by atoms with Gasteiger partial charge in [0.05, 0.1) is 10.5 Å². The number of nitrogens with one attached hydrogen (secondary N) is 2. The van der Waals surface area contributed by atoms with Gasteiger partial charge in [-0.05, 0) is 55.9 Å². The van der Waals surface area contributed by atoms with Gasteiger partial charge in [-0.25, -0.2) is 17.5 Å². The summed E-state index contributed by atoms with van der Waals surface area (Å²) in [7, 11) is -0.825. The van der Waals surface area contributed by atoms with Gasteiger partial charge < -0.3 is 15.4 Å². The van der Waals surface area contributed by atoms with E-state index in [1.807, 2.05) is 0 Å². The van der Waals surface area contributed by atoms with Gasteiger partial charge in [-0.15, -0.1) is 11.3 Å². The quantitative estimate of drug-likeness (QED) is 0.572. The molecule has 11 heteroatoms. The van der Waals surface area contributed by atoms with Gasteiger partial charge >= 0.3 is 5.97 Å². The van der Waals surface area contributed by atoms with Crippen LogP contribution in [0.3, 0.4) is 0 Å². The van der Waals surface area contributed by atoms with Crippen molar-refractivity contribution in [1.29, 1.82) is 0 Å². The molecule has 1 aliphatic rings. The van der Waals surface area contributed by atoms with Crippen LogP contribution in [0.15, 0.2) is 23.1 Å². The molecule has 0 bridgehead atoms. The van der Waals surface area contributed by atoms with Gasteiger partial charge in [-0.2, -0.15) is 0 Å². The summed E-state index contributed by atoms with van der Waals surface area (Å²) < 4.78 is 31.3. The average molecular weight is 494 g/mol. The highest BCUT2D eigenvalue weighted by molar-refractivity contribution is 7.89. The Morgan fingerprint density at radius 3 is 2.48 bits per heavy atom. The Labute approximate surface area is 197 Å². The molecule has 0 unspecified atom stereocenters. The van der Waals surface area contributed by atoms with Crippen molar-refractivity contribution in [1.82, 2.24) is 4.31 Å². The Balaban J connectivity index is 1.72. The molecule has 1 heterocycles. The lowest BCUT2D eigenvalue weighted by Crippen LogP contribution is -2.24. The van der Waals surface area contributed by atoms with Crippen LogP contribution < -0.4 is 10.6 Å². The van der Waals surface area contributed by atoms with Crippen LogP contribution in [0.5, 0.6) is 0 Å². The standard InChI is InChI=1S/C22H27N3O6S2/c1-13-9-10-15(11-18(13)33(29,30)25(3)4)24-19(27)12-31-22(28)20-16-7-5-6-8-17(16)32-21(20)23-14(2)26/h9-11H,5-8,12H2,1-4H3,(H,23,26)(H,24,27). The summed E-state index contributed by atoms with van der Waals surface area (Å²) >= 11 is 1.37. The van der Waals surface area contributed by atoms with Crippen molar-refractivity contribution < 1.29 is 27.5 Å². The van der Waals surface area contributed by atoms with Crippen LogP contribution in [0.1, 0.15) is 46.1 Å². The molecule has 3 rings (SSSR count). The third-order valence-corrected chi connectivity index (χ3v) is 8.39. The Kier molecular flexibility index (Phi) is 7.55. The fraction of sp³-hybridized carbons (Fsp3) is 0.409. The third-order valence-electron chi connectivity index (χ3n) is 5.23. The van der Waals surface area contributed by atoms with Crippen molar-refractivity contribution in [3.63, 3.8) is 0 Å². The Hall–Kier alpha value is -2.76. The summed E-state index contributed by atoms with van der Waals surface area (Å²) in [5.41, 5.74) is 2.00. The van der Waals surface area contributed by atoms with E-state index in [9.17, 15) is 22.8 Å². The molecule has 0 spiro atoms. The number of esters is 1. The zero-order valence-electron chi connectivity index (χ0n) is 19.0. The maximum atomic E-state index is 12.8. The van der Waals surface area contributed by atoms with E-state index in [4.69, 9.17) is 4.74 Å². The first kappa shape index (κ1) is 24.9. The van der Waals surface area contributed by atoms with Gasteiger partial charge in [0.15, 0.2) is 6.61 Å². The maximum Gasteiger partial charge on any atom is 0.341 e. The second-order valence-corrected chi connectivity index (χ2v) is 11.2. The van der Waals surface area contributed by atoms with E-state index in [1.165, 1.54) is 38.4 Å². The number of carbonyl (C=O) groups excluding carboxylic acids is 3. The number of carbonyl (C=O) groups is 3. The van der Waals surface area contributed by atoms with Crippen molar-refractivity contribution in [2.24, 2.45) is 0 Å². The minimum absolute atomic E-state index is 0.0761. The summed E-state index contributed by atoms with van der Waals surface area (Å²) in [6.45, 7) is 2.48. The van der Waals surface area contributed by atoms with Crippen molar-refractivity contribution in [3.8, 4) is 0 Å². The summed E-state index contributed by atoms with van der Waals surface area (Å²) in [5, 5.41) is 5.70. The van der Waals surface area contributed by atoms with E-state index in [2.05, 4.69) is 10.6 Å². The van der Waals surface area contributed by atoms with Crippen molar-refractivity contribution >= 4 is 49.8 Å². The molecule has 2 N–H and O–H groups in total. The summed E-state index contributed by atoms with van der Waals surface area (Å²) in [6, 6.07) is 4.54. The number of fused-ring (bicyclic) bond motifs is 1. The predicted octanol–water partition coefficient (Wildman–Crippen LogP) is 2.94. The van der Waals surface area contributed by atoms with Gasteiger partial charge in [0.2, 0.25) is 15.9 Å². The minimum atomic E-state index is -3.68. The fourth-order valence-corrected chi connectivity index (χ4v) is 6.05. The second-order valence-electron chi connectivity index (χ2n) is 7.99. The Morgan fingerprint density at radius 2 is 1.82 bits per heavy atom. The topological polar surface area (TPSA) is 122 Å². The molecule has 2 aromatic rings. The molecule has 0 saturated heterocycles. The first-order chi connectivity index (χ1) is 15.5. The second kappa shape index (κ2) is 10.0. The Morgan fingerprint density at radius 1 is 1.12 bits per heavy atom. The highest BCUT2D eigenvalue weighted by atomic mass is 32.2. The molecule has 0 fully saturated rings. The smallest absolute Gasteiger partial charge is 0.341 e. The third kappa shape index (κ3) is 5.60. The number of aryl methyl sites for hydroxylation is 2. The minimum Gasteiger partial charge on any atom is -0.452 e. The lowest BCUT2D eigenvalue weighted by atomic mass is 9.95. The SMILES string of the molecule is CC(=O)Nc1sc2c(c1C(=O)OCC(=O)Nc1ccc(C)c(S(=O)(=O)N(C)C)c1)CCCC2. The summed E-state index contributed by atoms with van der Waals surface area (Å²) in [6.07, 6.45) is 3.52. The number of rotatable bonds is 7. The number of amides is 2. The molecule has 9 nitrogen and oxygen atoms in total. The summed E-state index contributed by atoms with van der Waals surface area (Å²) in [5.74, 6) is -1.57. The molecule has 0 atom stereocenters. The van der Waals surface area contributed by atoms with Crippen molar-refractivity contribution in [2.45, 2.75) is 44.4 Å². The van der Waals surface area contributed by atoms with Crippen LogP contribution in [0.4, 0.5) is 10.7 Å². The first-order valence-corrected chi connectivity index (χ1v) is 12.7. The van der Waals surface area contributed by atoms with E-state index in [0.29, 0.717) is 22.5 Å². The molecule has 33 heavy (non-hydrogen) atoms. The molecule has 1 aromatic carbocycles. The molecule has 1 aliphatic carbocycles. The van der Waals surface area contributed by atoms with Crippen molar-refractivity contribution in [3.05, 3.63) is 39.8 Å². The number of ether oxygens (including phenoxy) is 1. The monoisotopic (exact) mass is 493 g/mol.